The van der Waals surface area contributed by atoms with Crippen molar-refractivity contribution in [2.75, 3.05) is 7.05 Å². The quantitative estimate of drug-likeness (QED) is 0.699. The Labute approximate surface area is 126 Å². The third kappa shape index (κ3) is 3.17. The molecule has 0 aliphatic heterocycles. The third-order valence-corrected chi connectivity index (χ3v) is 4.61. The first-order valence-electron chi connectivity index (χ1n) is 6.41. The highest BCUT2D eigenvalue weighted by atomic mass is 32.1. The zero-order chi connectivity index (χ0) is 13.9. The Morgan fingerprint density at radius 2 is 2.10 bits per heavy atom. The Hall–Kier alpha value is -1.43. The lowest BCUT2D eigenvalue weighted by atomic mass is 10.3. The molecule has 5 heteroatoms. The van der Waals surface area contributed by atoms with Crippen LogP contribution in [-0.2, 0) is 13.1 Å². The van der Waals surface area contributed by atoms with E-state index in [4.69, 9.17) is 4.42 Å². The maximum atomic E-state index is 5.61. The molecule has 3 aromatic heterocycles. The van der Waals surface area contributed by atoms with Crippen LogP contribution in [-0.4, -0.2) is 16.9 Å². The van der Waals surface area contributed by atoms with Crippen LogP contribution in [0.1, 0.15) is 17.0 Å². The van der Waals surface area contributed by atoms with Gasteiger partial charge in [0.15, 0.2) is 10.8 Å². The molecule has 0 aromatic carbocycles. The van der Waals surface area contributed by atoms with Gasteiger partial charge < -0.3 is 4.42 Å². The minimum Gasteiger partial charge on any atom is -0.459 e. The molecular weight excluding hydrogens is 288 g/mol. The molecule has 0 saturated heterocycles. The number of thiazole rings is 1. The second kappa shape index (κ2) is 5.91. The van der Waals surface area contributed by atoms with Crippen molar-refractivity contribution < 1.29 is 4.42 Å². The van der Waals surface area contributed by atoms with Crippen LogP contribution >= 0.6 is 22.7 Å². The molecule has 20 heavy (non-hydrogen) atoms. The molecule has 0 fully saturated rings. The number of hydrogen-bond acceptors (Lipinski definition) is 5. The van der Waals surface area contributed by atoms with E-state index in [1.54, 1.807) is 22.7 Å². The van der Waals surface area contributed by atoms with Gasteiger partial charge in [0, 0.05) is 18.5 Å². The van der Waals surface area contributed by atoms with Crippen molar-refractivity contribution in [3.63, 3.8) is 0 Å². The lowest BCUT2D eigenvalue weighted by Gasteiger charge is -2.13. The first kappa shape index (κ1) is 13.5. The van der Waals surface area contributed by atoms with Crippen molar-refractivity contribution in [3.8, 4) is 10.8 Å². The molecule has 0 N–H and O–H groups in total. The van der Waals surface area contributed by atoms with E-state index in [-0.39, 0.29) is 0 Å². The van der Waals surface area contributed by atoms with Crippen LogP contribution in [0.3, 0.4) is 0 Å². The first-order chi connectivity index (χ1) is 9.70. The van der Waals surface area contributed by atoms with Crippen LogP contribution < -0.4 is 0 Å². The Bertz CT molecular complexity index is 670. The fraction of sp³-hybridized carbons (Fsp3) is 0.267. The fourth-order valence-electron chi connectivity index (χ4n) is 2.07. The minimum atomic E-state index is 0.853. The van der Waals surface area contributed by atoms with E-state index in [0.717, 1.165) is 35.3 Å². The van der Waals surface area contributed by atoms with Crippen molar-refractivity contribution in [2.45, 2.75) is 20.0 Å². The molecule has 0 unspecified atom stereocenters. The van der Waals surface area contributed by atoms with Crippen molar-refractivity contribution in [1.82, 2.24) is 9.88 Å². The molecule has 0 atom stereocenters. The van der Waals surface area contributed by atoms with Crippen molar-refractivity contribution >= 4 is 22.7 Å². The molecule has 104 valence electrons. The van der Waals surface area contributed by atoms with Gasteiger partial charge in [-0.25, -0.2) is 4.98 Å². The van der Waals surface area contributed by atoms with Crippen LogP contribution in [0.15, 0.2) is 38.8 Å². The number of thiophene rings is 1. The van der Waals surface area contributed by atoms with Gasteiger partial charge >= 0.3 is 0 Å². The first-order valence-corrected chi connectivity index (χ1v) is 8.24. The molecule has 3 aromatic rings. The molecule has 0 bridgehead atoms. The van der Waals surface area contributed by atoms with Crippen LogP contribution in [0, 0.1) is 6.92 Å². The lowest BCUT2D eigenvalue weighted by molar-refractivity contribution is 0.316. The maximum absolute atomic E-state index is 5.61. The monoisotopic (exact) mass is 304 g/mol. The average molecular weight is 304 g/mol. The van der Waals surface area contributed by atoms with Gasteiger partial charge in [0.25, 0.3) is 0 Å². The summed E-state index contributed by atoms with van der Waals surface area (Å²) in [6.45, 7) is 3.76. The summed E-state index contributed by atoms with van der Waals surface area (Å²) in [4.78, 5) is 6.92. The van der Waals surface area contributed by atoms with E-state index < -0.39 is 0 Å². The Kier molecular flexibility index (Phi) is 4.00. The molecule has 0 amide bonds. The van der Waals surface area contributed by atoms with Gasteiger partial charge in [0.2, 0.25) is 0 Å². The predicted octanol–water partition coefficient (Wildman–Crippen LogP) is 4.41. The largest absolute Gasteiger partial charge is 0.459 e. The molecule has 0 aliphatic rings. The van der Waals surface area contributed by atoms with Gasteiger partial charge in [0.1, 0.15) is 5.76 Å². The molecule has 3 nitrogen and oxygen atoms in total. The number of aromatic nitrogens is 1. The molecule has 0 aliphatic carbocycles. The smallest absolute Gasteiger partial charge is 0.162 e. The van der Waals surface area contributed by atoms with Crippen LogP contribution in [0.25, 0.3) is 10.8 Å². The summed E-state index contributed by atoms with van der Waals surface area (Å²) in [6.07, 6.45) is 0. The minimum absolute atomic E-state index is 0.853. The fourth-order valence-corrected chi connectivity index (χ4v) is 3.50. The summed E-state index contributed by atoms with van der Waals surface area (Å²) < 4.78 is 5.61. The number of furan rings is 1. The lowest BCUT2D eigenvalue weighted by Crippen LogP contribution is -2.16. The zero-order valence-electron chi connectivity index (χ0n) is 11.5. The summed E-state index contributed by atoms with van der Waals surface area (Å²) in [5.74, 6) is 1.78. The Balaban J connectivity index is 1.65. The summed E-state index contributed by atoms with van der Waals surface area (Å²) in [5.41, 5.74) is 2.45. The summed E-state index contributed by atoms with van der Waals surface area (Å²) in [6, 6.07) is 6.12. The van der Waals surface area contributed by atoms with Gasteiger partial charge in [0.05, 0.1) is 5.69 Å². The SMILES string of the molecule is Cc1ccc(-c2nc(CN(C)Cc3ccsc3)cs2)o1. The zero-order valence-corrected chi connectivity index (χ0v) is 13.1. The van der Waals surface area contributed by atoms with Gasteiger partial charge in [-0.1, -0.05) is 0 Å². The highest BCUT2D eigenvalue weighted by Gasteiger charge is 2.10. The van der Waals surface area contributed by atoms with Gasteiger partial charge in [-0.05, 0) is 48.5 Å². The standard InChI is InChI=1S/C15H16N2OS2/c1-11-3-4-14(18-11)15-16-13(10-20-15)8-17(2)7-12-5-6-19-9-12/h3-6,9-10H,7-8H2,1-2H3. The third-order valence-electron chi connectivity index (χ3n) is 2.97. The van der Waals surface area contributed by atoms with E-state index >= 15 is 0 Å². The number of aryl methyl sites for hydroxylation is 1. The summed E-state index contributed by atoms with van der Waals surface area (Å²) in [7, 11) is 2.12. The van der Waals surface area contributed by atoms with Gasteiger partial charge in [-0.2, -0.15) is 11.3 Å². The van der Waals surface area contributed by atoms with E-state index in [9.17, 15) is 0 Å². The topological polar surface area (TPSA) is 29.3 Å². The van der Waals surface area contributed by atoms with E-state index in [0.29, 0.717) is 0 Å². The highest BCUT2D eigenvalue weighted by Crippen LogP contribution is 2.26. The summed E-state index contributed by atoms with van der Waals surface area (Å²) >= 11 is 3.38. The van der Waals surface area contributed by atoms with Crippen LogP contribution in [0.2, 0.25) is 0 Å². The van der Waals surface area contributed by atoms with E-state index in [1.807, 2.05) is 19.1 Å². The second-order valence-electron chi connectivity index (χ2n) is 4.86. The number of rotatable bonds is 5. The summed E-state index contributed by atoms with van der Waals surface area (Å²) in [5, 5.41) is 7.37. The molecular formula is C15H16N2OS2. The molecule has 3 rings (SSSR count). The van der Waals surface area contributed by atoms with Crippen LogP contribution in [0.4, 0.5) is 0 Å². The van der Waals surface area contributed by atoms with E-state index in [2.05, 4.69) is 39.1 Å². The normalized spacial score (nSPS) is 11.3. The maximum Gasteiger partial charge on any atom is 0.162 e. The molecule has 0 saturated carbocycles. The Morgan fingerprint density at radius 3 is 2.80 bits per heavy atom. The number of nitrogens with zero attached hydrogens (tertiary/aromatic N) is 2. The Morgan fingerprint density at radius 1 is 1.20 bits per heavy atom. The van der Waals surface area contributed by atoms with Crippen molar-refractivity contribution in [1.29, 1.82) is 0 Å². The average Bonchev–Trinajstić information content (AvgIpc) is 3.10. The molecule has 0 spiro atoms. The predicted molar refractivity (Wildman–Crippen MR) is 84.0 cm³/mol. The van der Waals surface area contributed by atoms with Gasteiger partial charge in [-0.3, -0.25) is 4.90 Å². The second-order valence-corrected chi connectivity index (χ2v) is 6.50. The van der Waals surface area contributed by atoms with Crippen LogP contribution in [0.5, 0.6) is 0 Å². The molecule has 3 heterocycles. The highest BCUT2D eigenvalue weighted by molar-refractivity contribution is 7.13. The van der Waals surface area contributed by atoms with Crippen molar-refractivity contribution in [2.24, 2.45) is 0 Å². The number of hydrogen-bond donors (Lipinski definition) is 0. The van der Waals surface area contributed by atoms with Crippen molar-refractivity contribution in [3.05, 3.63) is 51.4 Å². The molecule has 0 radical (unpaired) electrons. The van der Waals surface area contributed by atoms with E-state index in [1.165, 1.54) is 5.56 Å². The van der Waals surface area contributed by atoms with Gasteiger partial charge in [-0.15, -0.1) is 11.3 Å².